The van der Waals surface area contributed by atoms with Crippen LogP contribution in [0.5, 0.6) is 0 Å². The van der Waals surface area contributed by atoms with Gasteiger partial charge in [-0.2, -0.15) is 0 Å². The summed E-state index contributed by atoms with van der Waals surface area (Å²) in [5.41, 5.74) is 1.15. The first-order chi connectivity index (χ1) is 8.83. The van der Waals surface area contributed by atoms with Crippen LogP contribution in [0.2, 0.25) is 5.02 Å². The van der Waals surface area contributed by atoms with Crippen molar-refractivity contribution < 1.29 is 4.74 Å². The lowest BCUT2D eigenvalue weighted by molar-refractivity contribution is 0.209. The van der Waals surface area contributed by atoms with Crippen molar-refractivity contribution in [2.75, 3.05) is 19.6 Å². The minimum atomic E-state index is 0.0687. The van der Waals surface area contributed by atoms with Crippen LogP contribution in [0.3, 0.4) is 0 Å². The molecule has 96 valence electrons. The van der Waals surface area contributed by atoms with Crippen molar-refractivity contribution in [1.82, 2.24) is 5.32 Å². The Kier molecular flexibility index (Phi) is 3.52. The topological polar surface area (TPSA) is 33.6 Å². The molecule has 0 radical (unpaired) electrons. The van der Waals surface area contributed by atoms with E-state index in [0.717, 1.165) is 36.1 Å². The summed E-state index contributed by atoms with van der Waals surface area (Å²) < 4.78 is 5.99. The van der Waals surface area contributed by atoms with Gasteiger partial charge < -0.3 is 10.1 Å². The van der Waals surface area contributed by atoms with Crippen LogP contribution in [-0.2, 0) is 4.74 Å². The summed E-state index contributed by atoms with van der Waals surface area (Å²) in [6, 6.07) is 7.84. The number of benzene rings is 1. The molecule has 3 rings (SSSR count). The van der Waals surface area contributed by atoms with E-state index >= 15 is 0 Å². The molecule has 0 spiro atoms. The first-order valence-electron chi connectivity index (χ1n) is 6.50. The molecule has 18 heavy (non-hydrogen) atoms. The van der Waals surface area contributed by atoms with Gasteiger partial charge in [-0.3, -0.25) is 4.99 Å². The number of hydrogen-bond acceptors (Lipinski definition) is 3. The van der Waals surface area contributed by atoms with Gasteiger partial charge in [-0.25, -0.2) is 0 Å². The fourth-order valence-corrected chi connectivity index (χ4v) is 2.66. The molecule has 2 heterocycles. The average molecular weight is 265 g/mol. The van der Waals surface area contributed by atoms with E-state index in [1.807, 2.05) is 24.3 Å². The van der Waals surface area contributed by atoms with Crippen LogP contribution in [-0.4, -0.2) is 25.5 Å². The molecule has 1 saturated heterocycles. The van der Waals surface area contributed by atoms with Crippen molar-refractivity contribution >= 4 is 17.5 Å². The maximum Gasteiger partial charge on any atom is 0.188 e. The smallest absolute Gasteiger partial charge is 0.188 e. The fraction of sp³-hybridized carbons (Fsp3) is 0.500. The molecule has 2 atom stereocenters. The van der Waals surface area contributed by atoms with Gasteiger partial charge in [0.1, 0.15) is 6.10 Å². The molecule has 1 N–H and O–H groups in total. The Morgan fingerprint density at radius 2 is 2.11 bits per heavy atom. The minimum absolute atomic E-state index is 0.0687. The second kappa shape index (κ2) is 5.29. The van der Waals surface area contributed by atoms with E-state index in [0.29, 0.717) is 5.92 Å². The third-order valence-corrected chi connectivity index (χ3v) is 3.82. The van der Waals surface area contributed by atoms with Crippen molar-refractivity contribution in [3.8, 4) is 0 Å². The van der Waals surface area contributed by atoms with Gasteiger partial charge in [-0.15, -0.1) is 0 Å². The van der Waals surface area contributed by atoms with E-state index in [9.17, 15) is 0 Å². The first kappa shape index (κ1) is 12.0. The zero-order valence-electron chi connectivity index (χ0n) is 10.2. The van der Waals surface area contributed by atoms with E-state index < -0.39 is 0 Å². The number of halogens is 1. The number of rotatable bonds is 2. The normalized spacial score (nSPS) is 27.7. The molecule has 1 aromatic carbocycles. The molecule has 1 fully saturated rings. The van der Waals surface area contributed by atoms with Crippen molar-refractivity contribution in [3.63, 3.8) is 0 Å². The molecule has 0 bridgehead atoms. The van der Waals surface area contributed by atoms with Crippen molar-refractivity contribution in [2.45, 2.75) is 18.9 Å². The number of piperidine rings is 1. The molecule has 0 aromatic heterocycles. The minimum Gasteiger partial charge on any atom is -0.471 e. The lowest BCUT2D eigenvalue weighted by Gasteiger charge is -2.23. The van der Waals surface area contributed by atoms with Crippen LogP contribution >= 0.6 is 11.6 Å². The number of aliphatic imine (C=N–C) groups is 1. The maximum absolute atomic E-state index is 5.99. The molecule has 2 aliphatic rings. The Balaban J connectivity index is 1.64. The van der Waals surface area contributed by atoms with Gasteiger partial charge >= 0.3 is 0 Å². The number of nitrogens with one attached hydrogen (secondary N) is 1. The van der Waals surface area contributed by atoms with Crippen LogP contribution in [0.15, 0.2) is 29.3 Å². The van der Waals surface area contributed by atoms with E-state index in [1.54, 1.807) is 0 Å². The summed E-state index contributed by atoms with van der Waals surface area (Å²) in [6.07, 6.45) is 2.46. The highest BCUT2D eigenvalue weighted by molar-refractivity contribution is 6.30. The summed E-state index contributed by atoms with van der Waals surface area (Å²) in [5, 5.41) is 4.15. The van der Waals surface area contributed by atoms with Gasteiger partial charge in [0.15, 0.2) is 5.90 Å². The molecule has 0 saturated carbocycles. The average Bonchev–Trinajstić information content (AvgIpc) is 2.90. The number of ether oxygens (including phenoxy) is 1. The standard InChI is InChI=1S/C14H17ClN2O/c15-12-5-3-10(4-6-12)13-9-17-14(18-13)11-2-1-7-16-8-11/h3-6,11,13,16H,1-2,7-9H2. The zero-order valence-corrected chi connectivity index (χ0v) is 11.0. The lowest BCUT2D eigenvalue weighted by atomic mass is 10.00. The lowest BCUT2D eigenvalue weighted by Crippen LogP contribution is -2.34. The first-order valence-corrected chi connectivity index (χ1v) is 6.88. The molecule has 3 nitrogen and oxygen atoms in total. The highest BCUT2D eigenvalue weighted by Crippen LogP contribution is 2.28. The summed E-state index contributed by atoms with van der Waals surface area (Å²) in [6.45, 7) is 2.84. The van der Waals surface area contributed by atoms with Gasteiger partial charge in [-0.1, -0.05) is 23.7 Å². The van der Waals surface area contributed by atoms with Crippen LogP contribution in [0, 0.1) is 5.92 Å². The Hall–Kier alpha value is -1.06. The molecule has 2 unspecified atom stereocenters. The van der Waals surface area contributed by atoms with Crippen molar-refractivity contribution in [2.24, 2.45) is 10.9 Å². The van der Waals surface area contributed by atoms with Gasteiger partial charge in [0.05, 0.1) is 6.54 Å². The highest BCUT2D eigenvalue weighted by atomic mass is 35.5. The van der Waals surface area contributed by atoms with Gasteiger partial charge in [0.25, 0.3) is 0 Å². The van der Waals surface area contributed by atoms with E-state index in [4.69, 9.17) is 16.3 Å². The van der Waals surface area contributed by atoms with Crippen molar-refractivity contribution in [1.29, 1.82) is 0 Å². The van der Waals surface area contributed by atoms with Gasteiger partial charge in [0, 0.05) is 17.5 Å². The molecule has 1 aromatic rings. The van der Waals surface area contributed by atoms with Crippen LogP contribution in [0.1, 0.15) is 24.5 Å². The quantitative estimate of drug-likeness (QED) is 0.891. The monoisotopic (exact) mass is 264 g/mol. The van der Waals surface area contributed by atoms with Gasteiger partial charge in [-0.05, 0) is 37.1 Å². The Labute approximate surface area is 112 Å². The fourth-order valence-electron chi connectivity index (χ4n) is 2.53. The van der Waals surface area contributed by atoms with E-state index in [2.05, 4.69) is 10.3 Å². The predicted molar refractivity (Wildman–Crippen MR) is 73.2 cm³/mol. The zero-order chi connectivity index (χ0) is 12.4. The second-order valence-corrected chi connectivity index (χ2v) is 5.32. The van der Waals surface area contributed by atoms with Crippen molar-refractivity contribution in [3.05, 3.63) is 34.9 Å². The third-order valence-electron chi connectivity index (χ3n) is 3.56. The maximum atomic E-state index is 5.99. The SMILES string of the molecule is Clc1ccc(C2CN=C(C3CCCNC3)O2)cc1. The van der Waals surface area contributed by atoms with E-state index in [-0.39, 0.29) is 6.10 Å². The molecular formula is C14H17ClN2O. The third kappa shape index (κ3) is 2.52. The number of nitrogens with zero attached hydrogens (tertiary/aromatic N) is 1. The Bertz CT molecular complexity index is 438. The summed E-state index contributed by atoms with van der Waals surface area (Å²) in [7, 11) is 0. The molecule has 0 amide bonds. The van der Waals surface area contributed by atoms with Gasteiger partial charge in [0.2, 0.25) is 0 Å². The van der Waals surface area contributed by atoms with Crippen LogP contribution < -0.4 is 5.32 Å². The van der Waals surface area contributed by atoms with Crippen LogP contribution in [0.25, 0.3) is 0 Å². The molecular weight excluding hydrogens is 248 g/mol. The second-order valence-electron chi connectivity index (χ2n) is 4.88. The molecule has 0 aliphatic carbocycles. The predicted octanol–water partition coefficient (Wildman–Crippen LogP) is 2.81. The number of hydrogen-bond donors (Lipinski definition) is 1. The summed E-state index contributed by atoms with van der Waals surface area (Å²) in [5.74, 6) is 1.39. The summed E-state index contributed by atoms with van der Waals surface area (Å²) in [4.78, 5) is 4.56. The van der Waals surface area contributed by atoms with E-state index in [1.165, 1.54) is 12.8 Å². The van der Waals surface area contributed by atoms with Crippen LogP contribution in [0.4, 0.5) is 0 Å². The largest absolute Gasteiger partial charge is 0.471 e. The summed E-state index contributed by atoms with van der Waals surface area (Å²) >= 11 is 5.89. The molecule has 4 heteroatoms. The molecule has 2 aliphatic heterocycles. The Morgan fingerprint density at radius 1 is 1.28 bits per heavy atom. The highest BCUT2D eigenvalue weighted by Gasteiger charge is 2.28. The Morgan fingerprint density at radius 3 is 2.83 bits per heavy atom.